The predicted octanol–water partition coefficient (Wildman–Crippen LogP) is 1.51. The molecule has 72 valence electrons. The van der Waals surface area contributed by atoms with Crippen molar-refractivity contribution in [1.29, 1.82) is 0 Å². The van der Waals surface area contributed by atoms with Crippen LogP contribution in [-0.2, 0) is 4.79 Å². The summed E-state index contributed by atoms with van der Waals surface area (Å²) in [6.07, 6.45) is 5.49. The van der Waals surface area contributed by atoms with Crippen molar-refractivity contribution in [1.82, 2.24) is 5.32 Å². The maximum Gasteiger partial charge on any atom is 0.308 e. The van der Waals surface area contributed by atoms with E-state index < -0.39 is 5.97 Å². The van der Waals surface area contributed by atoms with Gasteiger partial charge in [0.1, 0.15) is 0 Å². The smallest absolute Gasteiger partial charge is 0.308 e. The Morgan fingerprint density at radius 1 is 1.38 bits per heavy atom. The van der Waals surface area contributed by atoms with Gasteiger partial charge in [-0.15, -0.1) is 0 Å². The molecule has 0 fully saturated rings. The number of hydrogen-bond donors (Lipinski definition) is 2. The lowest BCUT2D eigenvalue weighted by molar-refractivity contribution is -0.141. The van der Waals surface area contributed by atoms with E-state index in [9.17, 15) is 4.79 Å². The van der Waals surface area contributed by atoms with Crippen LogP contribution in [0.5, 0.6) is 0 Å². The number of carbonyl (C=O) groups is 1. The molecule has 1 heterocycles. The summed E-state index contributed by atoms with van der Waals surface area (Å²) in [5.41, 5.74) is 2.70. The van der Waals surface area contributed by atoms with Gasteiger partial charge in [-0.1, -0.05) is 5.57 Å². The lowest BCUT2D eigenvalue weighted by Gasteiger charge is -2.29. The Kier molecular flexibility index (Phi) is 2.25. The van der Waals surface area contributed by atoms with Crippen LogP contribution in [0.2, 0.25) is 0 Å². The van der Waals surface area contributed by atoms with Crippen LogP contribution in [0.4, 0.5) is 0 Å². The predicted molar refractivity (Wildman–Crippen MR) is 49.2 cm³/mol. The third-order valence-electron chi connectivity index (χ3n) is 2.99. The van der Waals surface area contributed by atoms with E-state index in [2.05, 4.69) is 5.32 Å². The molecule has 1 unspecified atom stereocenters. The van der Waals surface area contributed by atoms with E-state index in [0.717, 1.165) is 19.3 Å². The number of rotatable bonds is 1. The van der Waals surface area contributed by atoms with Gasteiger partial charge in [0.05, 0.1) is 5.92 Å². The Bertz CT molecular complexity index is 258. The second-order valence-electron chi connectivity index (χ2n) is 3.91. The summed E-state index contributed by atoms with van der Waals surface area (Å²) in [7, 11) is 0. The Hall–Kier alpha value is -0.990. The molecule has 13 heavy (non-hydrogen) atoms. The summed E-state index contributed by atoms with van der Waals surface area (Å²) in [5.74, 6) is -0.860. The zero-order valence-corrected chi connectivity index (χ0v) is 7.68. The van der Waals surface area contributed by atoms with Gasteiger partial charge in [-0.3, -0.25) is 4.79 Å². The van der Waals surface area contributed by atoms with Gasteiger partial charge in [-0.2, -0.15) is 0 Å². The number of allylic oxidation sites excluding steroid dienone is 2. The van der Waals surface area contributed by atoms with Crippen LogP contribution in [0.1, 0.15) is 32.1 Å². The lowest BCUT2D eigenvalue weighted by Crippen LogP contribution is -2.34. The van der Waals surface area contributed by atoms with Crippen molar-refractivity contribution < 1.29 is 9.90 Å². The van der Waals surface area contributed by atoms with E-state index in [0.29, 0.717) is 6.54 Å². The molecule has 2 rings (SSSR count). The van der Waals surface area contributed by atoms with Crippen LogP contribution in [-0.4, -0.2) is 17.6 Å². The van der Waals surface area contributed by atoms with Gasteiger partial charge in [0.25, 0.3) is 0 Å². The highest BCUT2D eigenvalue weighted by molar-refractivity contribution is 5.71. The van der Waals surface area contributed by atoms with Gasteiger partial charge in [0, 0.05) is 12.2 Å². The number of carboxylic acids is 1. The van der Waals surface area contributed by atoms with E-state index in [1.807, 2.05) is 0 Å². The minimum atomic E-state index is -0.662. The van der Waals surface area contributed by atoms with Crippen molar-refractivity contribution >= 4 is 5.97 Å². The first-order valence-corrected chi connectivity index (χ1v) is 4.95. The van der Waals surface area contributed by atoms with Gasteiger partial charge >= 0.3 is 5.97 Å². The average Bonchev–Trinajstić information content (AvgIpc) is 2.17. The van der Waals surface area contributed by atoms with Crippen molar-refractivity contribution in [3.8, 4) is 0 Å². The number of hydrogen-bond acceptors (Lipinski definition) is 2. The highest BCUT2D eigenvalue weighted by Crippen LogP contribution is 2.30. The largest absolute Gasteiger partial charge is 0.481 e. The van der Waals surface area contributed by atoms with Gasteiger partial charge in [-0.05, 0) is 32.1 Å². The summed E-state index contributed by atoms with van der Waals surface area (Å²) < 4.78 is 0. The fourth-order valence-corrected chi connectivity index (χ4v) is 2.20. The van der Waals surface area contributed by atoms with Crippen molar-refractivity contribution in [2.45, 2.75) is 32.1 Å². The first-order chi connectivity index (χ1) is 6.27. The van der Waals surface area contributed by atoms with Crippen LogP contribution in [0.25, 0.3) is 0 Å². The van der Waals surface area contributed by atoms with Crippen molar-refractivity contribution in [2.24, 2.45) is 5.92 Å². The van der Waals surface area contributed by atoms with Gasteiger partial charge < -0.3 is 10.4 Å². The second-order valence-corrected chi connectivity index (χ2v) is 3.91. The first-order valence-electron chi connectivity index (χ1n) is 4.95. The average molecular weight is 181 g/mol. The summed E-state index contributed by atoms with van der Waals surface area (Å²) in [5, 5.41) is 12.1. The molecule has 1 atom stereocenters. The minimum Gasteiger partial charge on any atom is -0.481 e. The molecule has 3 nitrogen and oxygen atoms in total. The van der Waals surface area contributed by atoms with E-state index >= 15 is 0 Å². The molecule has 0 saturated heterocycles. The van der Waals surface area contributed by atoms with E-state index in [4.69, 9.17) is 5.11 Å². The van der Waals surface area contributed by atoms with Crippen molar-refractivity contribution in [2.75, 3.05) is 6.54 Å². The molecule has 3 heteroatoms. The number of aliphatic carboxylic acids is 1. The summed E-state index contributed by atoms with van der Waals surface area (Å²) in [4.78, 5) is 10.8. The van der Waals surface area contributed by atoms with Crippen LogP contribution in [0.15, 0.2) is 11.3 Å². The molecule has 2 N–H and O–H groups in total. The molecule has 0 aromatic rings. The molecule has 0 spiro atoms. The zero-order valence-electron chi connectivity index (χ0n) is 7.68. The van der Waals surface area contributed by atoms with E-state index in [1.165, 1.54) is 24.1 Å². The van der Waals surface area contributed by atoms with Gasteiger partial charge in [0.15, 0.2) is 0 Å². The minimum absolute atomic E-state index is 0.197. The van der Waals surface area contributed by atoms with Crippen LogP contribution >= 0.6 is 0 Å². The van der Waals surface area contributed by atoms with Gasteiger partial charge in [0.2, 0.25) is 0 Å². The molecule has 0 saturated carbocycles. The third kappa shape index (κ3) is 1.69. The van der Waals surface area contributed by atoms with Crippen LogP contribution < -0.4 is 5.32 Å². The Morgan fingerprint density at radius 3 is 2.92 bits per heavy atom. The Morgan fingerprint density at radius 2 is 2.15 bits per heavy atom. The third-order valence-corrected chi connectivity index (χ3v) is 2.99. The van der Waals surface area contributed by atoms with E-state index in [1.54, 1.807) is 0 Å². The normalized spacial score (nSPS) is 27.8. The molecule has 0 bridgehead atoms. The lowest BCUT2D eigenvalue weighted by atomic mass is 9.86. The molecule has 1 aliphatic carbocycles. The molecule has 2 aliphatic rings. The highest BCUT2D eigenvalue weighted by atomic mass is 16.4. The molecule has 0 amide bonds. The zero-order chi connectivity index (χ0) is 9.26. The van der Waals surface area contributed by atoms with Crippen molar-refractivity contribution in [3.63, 3.8) is 0 Å². The monoisotopic (exact) mass is 181 g/mol. The molecule has 1 aliphatic heterocycles. The summed E-state index contributed by atoms with van der Waals surface area (Å²) in [6, 6.07) is 0. The SMILES string of the molecule is O=C(O)C1CNC2=C(CCCC2)C1. The standard InChI is InChI=1S/C10H15NO2/c12-10(13)8-5-7-3-1-2-4-9(7)11-6-8/h8,11H,1-6H2,(H,12,13). The van der Waals surface area contributed by atoms with Crippen LogP contribution in [0, 0.1) is 5.92 Å². The second kappa shape index (κ2) is 3.40. The summed E-state index contributed by atoms with van der Waals surface area (Å²) in [6.45, 7) is 0.619. The molecule has 0 radical (unpaired) electrons. The molecule has 0 aromatic heterocycles. The van der Waals surface area contributed by atoms with Gasteiger partial charge in [-0.25, -0.2) is 0 Å². The Balaban J connectivity index is 2.09. The fourth-order valence-electron chi connectivity index (χ4n) is 2.20. The molecular formula is C10H15NO2. The topological polar surface area (TPSA) is 49.3 Å². The first kappa shape index (κ1) is 8.60. The van der Waals surface area contributed by atoms with Crippen molar-refractivity contribution in [3.05, 3.63) is 11.3 Å². The highest BCUT2D eigenvalue weighted by Gasteiger charge is 2.26. The van der Waals surface area contributed by atoms with Crippen LogP contribution in [0.3, 0.4) is 0 Å². The number of carboxylic acid groups (broad SMARTS) is 1. The maximum atomic E-state index is 10.8. The van der Waals surface area contributed by atoms with E-state index in [-0.39, 0.29) is 5.92 Å². The summed E-state index contributed by atoms with van der Waals surface area (Å²) >= 11 is 0. The Labute approximate surface area is 77.8 Å². The molecular weight excluding hydrogens is 166 g/mol. The maximum absolute atomic E-state index is 10.8. The fraction of sp³-hybridized carbons (Fsp3) is 0.700. The molecule has 0 aromatic carbocycles. The quantitative estimate of drug-likeness (QED) is 0.644. The number of nitrogens with one attached hydrogen (secondary N) is 1.